The van der Waals surface area contributed by atoms with E-state index in [1.54, 1.807) is 26.2 Å². The fraction of sp³-hybridized carbons (Fsp3) is 0.346. The van der Waals surface area contributed by atoms with Crippen LogP contribution in [0, 0.1) is 0 Å². The largest absolute Gasteiger partial charge is 0.505 e. The molecular formula is C26H33N3O5. The van der Waals surface area contributed by atoms with Crippen LogP contribution in [0.4, 0.5) is 17.1 Å². The Morgan fingerprint density at radius 1 is 1.03 bits per heavy atom. The molecule has 3 N–H and O–H groups in total. The average molecular weight is 468 g/mol. The molecule has 1 fully saturated rings. The highest BCUT2D eigenvalue weighted by molar-refractivity contribution is 5.99. The molecule has 1 amide bonds. The van der Waals surface area contributed by atoms with E-state index in [9.17, 15) is 19.5 Å². The van der Waals surface area contributed by atoms with Crippen LogP contribution in [0.2, 0.25) is 0 Å². The number of nitrogens with zero attached hydrogens (tertiary/aromatic N) is 1. The van der Waals surface area contributed by atoms with Crippen molar-refractivity contribution in [1.82, 2.24) is 4.90 Å². The molecule has 3 aromatic rings. The molecule has 0 saturated heterocycles. The standard InChI is InChI=1S/C26H29N3O5.2H2/c1-29(2)26(33)17-11-8-13-19(23(17)30)28-22-21(24(31)25(22)32)27-18-12-6-7-14-20(18)34-15-16-9-4-3-5-10-16;;/h3-5,8-11,13,18,20,27-28,30H,6-7,12,14-15H2,1-2H3;2*1H/t18-,20-;;/m1../s1. The maximum absolute atomic E-state index is 12.4. The second-order valence-electron chi connectivity index (χ2n) is 8.80. The highest BCUT2D eigenvalue weighted by atomic mass is 16.5. The van der Waals surface area contributed by atoms with Crippen LogP contribution in [-0.2, 0) is 11.3 Å². The van der Waals surface area contributed by atoms with Gasteiger partial charge in [0.05, 0.1) is 30.0 Å². The molecular weight excluding hydrogens is 434 g/mol. The maximum Gasteiger partial charge on any atom is 0.257 e. The molecule has 34 heavy (non-hydrogen) atoms. The lowest BCUT2D eigenvalue weighted by Crippen LogP contribution is -2.44. The van der Waals surface area contributed by atoms with Crippen LogP contribution in [0.25, 0.3) is 0 Å². The van der Waals surface area contributed by atoms with Crippen molar-refractivity contribution in [2.75, 3.05) is 24.7 Å². The molecule has 8 heteroatoms. The predicted molar refractivity (Wildman–Crippen MR) is 136 cm³/mol. The summed E-state index contributed by atoms with van der Waals surface area (Å²) >= 11 is 0. The monoisotopic (exact) mass is 467 g/mol. The maximum atomic E-state index is 12.4. The van der Waals surface area contributed by atoms with Crippen molar-refractivity contribution in [1.29, 1.82) is 0 Å². The zero-order valence-electron chi connectivity index (χ0n) is 19.3. The van der Waals surface area contributed by atoms with Gasteiger partial charge in [0.15, 0.2) is 5.75 Å². The molecule has 0 unspecified atom stereocenters. The zero-order valence-corrected chi connectivity index (χ0v) is 19.3. The van der Waals surface area contributed by atoms with Gasteiger partial charge in [0.2, 0.25) is 0 Å². The number of nitrogens with one attached hydrogen (secondary N) is 2. The lowest BCUT2D eigenvalue weighted by Gasteiger charge is -2.33. The summed E-state index contributed by atoms with van der Waals surface area (Å²) in [5.41, 5.74) is 0.369. The van der Waals surface area contributed by atoms with Crippen molar-refractivity contribution >= 4 is 23.0 Å². The van der Waals surface area contributed by atoms with Crippen molar-refractivity contribution in [3.05, 3.63) is 80.1 Å². The Morgan fingerprint density at radius 2 is 1.74 bits per heavy atom. The Hall–Kier alpha value is -3.65. The number of hydrogen-bond donors (Lipinski definition) is 3. The van der Waals surface area contributed by atoms with Gasteiger partial charge in [-0.1, -0.05) is 49.2 Å². The Kier molecular flexibility index (Phi) is 6.98. The van der Waals surface area contributed by atoms with Crippen molar-refractivity contribution in [2.45, 2.75) is 44.4 Å². The van der Waals surface area contributed by atoms with Crippen LogP contribution in [0.5, 0.6) is 5.75 Å². The first-order valence-corrected chi connectivity index (χ1v) is 11.4. The number of carbonyl (C=O) groups is 1. The summed E-state index contributed by atoms with van der Waals surface area (Å²) in [4.78, 5) is 38.4. The second-order valence-corrected chi connectivity index (χ2v) is 8.80. The zero-order chi connectivity index (χ0) is 24.2. The minimum atomic E-state index is -0.663. The van der Waals surface area contributed by atoms with E-state index in [1.807, 2.05) is 30.3 Å². The first kappa shape index (κ1) is 23.5. The number of carbonyl (C=O) groups excluding carboxylic acids is 1. The minimum Gasteiger partial charge on any atom is -0.505 e. The summed E-state index contributed by atoms with van der Waals surface area (Å²) in [5, 5.41) is 16.7. The Balaban J connectivity index is 0.00000228. The average Bonchev–Trinajstić information content (AvgIpc) is 2.86. The van der Waals surface area contributed by atoms with Crippen LogP contribution >= 0.6 is 0 Å². The van der Waals surface area contributed by atoms with Crippen LogP contribution in [-0.4, -0.2) is 42.2 Å². The van der Waals surface area contributed by atoms with Gasteiger partial charge in [-0.05, 0) is 30.5 Å². The topological polar surface area (TPSA) is 108 Å². The van der Waals surface area contributed by atoms with E-state index in [-0.39, 0.29) is 49.3 Å². The third kappa shape index (κ3) is 4.82. The van der Waals surface area contributed by atoms with Gasteiger partial charge >= 0.3 is 0 Å². The number of ether oxygens (including phenoxy) is 1. The highest BCUT2D eigenvalue weighted by Crippen LogP contribution is 2.33. The van der Waals surface area contributed by atoms with Gasteiger partial charge in [0.25, 0.3) is 16.8 Å². The number of benzene rings is 2. The Morgan fingerprint density at radius 3 is 2.47 bits per heavy atom. The summed E-state index contributed by atoms with van der Waals surface area (Å²) < 4.78 is 6.17. The Labute approximate surface area is 200 Å². The smallest absolute Gasteiger partial charge is 0.257 e. The van der Waals surface area contributed by atoms with Gasteiger partial charge in [-0.2, -0.15) is 0 Å². The molecule has 1 saturated carbocycles. The lowest BCUT2D eigenvalue weighted by atomic mass is 9.91. The molecule has 0 spiro atoms. The normalized spacial score (nSPS) is 17.9. The highest BCUT2D eigenvalue weighted by Gasteiger charge is 2.31. The summed E-state index contributed by atoms with van der Waals surface area (Å²) in [5.74, 6) is -0.646. The van der Waals surface area contributed by atoms with E-state index in [4.69, 9.17) is 4.74 Å². The minimum absolute atomic E-state index is 0. The van der Waals surface area contributed by atoms with E-state index in [1.165, 1.54) is 11.0 Å². The molecule has 2 atom stereocenters. The van der Waals surface area contributed by atoms with Gasteiger partial charge in [-0.25, -0.2) is 0 Å². The SMILES string of the molecule is CN(C)C(=O)c1cccc(Nc2c(N[C@@H]3CCCC[C@H]3OCc3ccccc3)c(=O)c2=O)c1O.[HH].[HH]. The molecule has 0 aromatic heterocycles. The van der Waals surface area contributed by atoms with E-state index in [2.05, 4.69) is 10.6 Å². The number of phenols is 1. The molecule has 0 bridgehead atoms. The van der Waals surface area contributed by atoms with Gasteiger partial charge < -0.3 is 25.4 Å². The first-order valence-electron chi connectivity index (χ1n) is 11.4. The Bertz CT molecular complexity index is 1240. The van der Waals surface area contributed by atoms with Gasteiger partial charge in [-0.15, -0.1) is 0 Å². The van der Waals surface area contributed by atoms with Crippen molar-refractivity contribution in [3.8, 4) is 5.75 Å². The predicted octanol–water partition coefficient (Wildman–Crippen LogP) is 3.87. The van der Waals surface area contributed by atoms with Crippen molar-refractivity contribution < 1.29 is 17.5 Å². The summed E-state index contributed by atoms with van der Waals surface area (Å²) in [6.07, 6.45) is 3.61. The first-order chi connectivity index (χ1) is 16.4. The number of amides is 1. The molecule has 3 aromatic carbocycles. The van der Waals surface area contributed by atoms with Crippen molar-refractivity contribution in [2.24, 2.45) is 0 Å². The molecule has 4 rings (SSSR count). The van der Waals surface area contributed by atoms with Gasteiger partial charge in [0.1, 0.15) is 11.4 Å². The fourth-order valence-electron chi connectivity index (χ4n) is 4.27. The third-order valence-electron chi connectivity index (χ3n) is 6.18. The third-order valence-corrected chi connectivity index (χ3v) is 6.18. The van der Waals surface area contributed by atoms with Gasteiger partial charge in [-0.3, -0.25) is 14.4 Å². The number of rotatable bonds is 8. The van der Waals surface area contributed by atoms with Crippen LogP contribution in [0.1, 0.15) is 44.5 Å². The number of phenolic OH excluding ortho intramolecular Hbond substituents is 1. The number of anilines is 3. The van der Waals surface area contributed by atoms with E-state index in [0.717, 1.165) is 31.2 Å². The molecule has 1 aliphatic carbocycles. The quantitative estimate of drug-likeness (QED) is 0.341. The van der Waals surface area contributed by atoms with E-state index >= 15 is 0 Å². The van der Waals surface area contributed by atoms with E-state index < -0.39 is 10.9 Å². The second kappa shape index (κ2) is 10.1. The van der Waals surface area contributed by atoms with Crippen LogP contribution < -0.4 is 21.5 Å². The van der Waals surface area contributed by atoms with Gasteiger partial charge in [0, 0.05) is 16.9 Å². The molecule has 182 valence electrons. The number of para-hydroxylation sites is 1. The van der Waals surface area contributed by atoms with E-state index in [0.29, 0.717) is 6.61 Å². The van der Waals surface area contributed by atoms with Crippen LogP contribution in [0.15, 0.2) is 58.1 Å². The summed E-state index contributed by atoms with van der Waals surface area (Å²) in [6, 6.07) is 14.4. The molecule has 0 radical (unpaired) electrons. The molecule has 1 aliphatic rings. The fourth-order valence-corrected chi connectivity index (χ4v) is 4.27. The molecule has 0 aliphatic heterocycles. The summed E-state index contributed by atoms with van der Waals surface area (Å²) in [7, 11) is 3.17. The van der Waals surface area contributed by atoms with Crippen LogP contribution in [0.3, 0.4) is 0 Å². The summed E-state index contributed by atoms with van der Waals surface area (Å²) in [6.45, 7) is 0.473. The molecule has 8 nitrogen and oxygen atoms in total. The lowest BCUT2D eigenvalue weighted by molar-refractivity contribution is 0.00881. The molecule has 0 heterocycles. The van der Waals surface area contributed by atoms with Crippen molar-refractivity contribution in [3.63, 3.8) is 0 Å². The number of hydrogen-bond acceptors (Lipinski definition) is 7. The number of aromatic hydroxyl groups is 1.